The van der Waals surface area contributed by atoms with Crippen molar-refractivity contribution in [2.24, 2.45) is 0 Å². The number of H-pyrrole nitrogens is 1. The van der Waals surface area contributed by atoms with E-state index in [2.05, 4.69) is 45.1 Å². The summed E-state index contributed by atoms with van der Waals surface area (Å²) in [5.74, 6) is 1.19. The van der Waals surface area contributed by atoms with Crippen LogP contribution in [0.2, 0.25) is 5.02 Å². The summed E-state index contributed by atoms with van der Waals surface area (Å²) in [6, 6.07) is 20.8. The molecule has 1 aliphatic heterocycles. The van der Waals surface area contributed by atoms with Crippen LogP contribution in [0.25, 0.3) is 22.4 Å². The van der Waals surface area contributed by atoms with E-state index < -0.39 is 0 Å². The first kappa shape index (κ1) is 27.9. The quantitative estimate of drug-likeness (QED) is 0.223. The summed E-state index contributed by atoms with van der Waals surface area (Å²) in [7, 11) is 2.16. The minimum atomic E-state index is -0.210. The third kappa shape index (κ3) is 6.16. The van der Waals surface area contributed by atoms with Gasteiger partial charge in [-0.1, -0.05) is 35.9 Å². The predicted molar refractivity (Wildman–Crippen MR) is 167 cm³/mol. The van der Waals surface area contributed by atoms with Crippen molar-refractivity contribution in [3.05, 3.63) is 100 Å². The number of piperazine rings is 1. The van der Waals surface area contributed by atoms with Gasteiger partial charge in [-0.25, -0.2) is 4.98 Å². The molecule has 1 aliphatic rings. The van der Waals surface area contributed by atoms with Crippen molar-refractivity contribution in [2.45, 2.75) is 20.4 Å². The molecule has 2 aromatic heterocycles. The summed E-state index contributed by atoms with van der Waals surface area (Å²) in [5, 5.41) is 3.65. The first-order valence-electron chi connectivity index (χ1n) is 14.0. The molecular formula is C33H33ClN6O2. The number of amides is 1. The number of aryl methyl sites for hydroxylation is 2. The third-order valence-corrected chi connectivity index (χ3v) is 7.94. The lowest BCUT2D eigenvalue weighted by molar-refractivity contribution is 0.102. The predicted octanol–water partition coefficient (Wildman–Crippen LogP) is 6.69. The Morgan fingerprint density at radius 3 is 2.60 bits per heavy atom. The van der Waals surface area contributed by atoms with Crippen LogP contribution in [0.1, 0.15) is 27.0 Å². The molecular weight excluding hydrogens is 548 g/mol. The minimum absolute atomic E-state index is 0.210. The number of aromatic amines is 1. The van der Waals surface area contributed by atoms with Crippen molar-refractivity contribution in [1.82, 2.24) is 24.8 Å². The molecule has 3 aromatic carbocycles. The number of halogens is 1. The SMILES string of the molecule is Cc1cc(NC(=O)c2ccc(C)c(Oc3nc(-c4cccc(Cl)c4)nc4cc[nH]c34)c2)ccc1CN1CCN(C)CC1. The summed E-state index contributed by atoms with van der Waals surface area (Å²) in [4.78, 5) is 30.7. The number of nitrogens with one attached hydrogen (secondary N) is 2. The number of rotatable bonds is 7. The van der Waals surface area contributed by atoms with Crippen molar-refractivity contribution >= 4 is 34.2 Å². The zero-order valence-electron chi connectivity index (χ0n) is 23.9. The van der Waals surface area contributed by atoms with Crippen molar-refractivity contribution in [3.63, 3.8) is 0 Å². The van der Waals surface area contributed by atoms with E-state index in [4.69, 9.17) is 21.3 Å². The molecule has 3 heterocycles. The Balaban J connectivity index is 1.20. The van der Waals surface area contributed by atoms with Crippen LogP contribution in [0.3, 0.4) is 0 Å². The van der Waals surface area contributed by atoms with Crippen LogP contribution in [0.5, 0.6) is 11.6 Å². The van der Waals surface area contributed by atoms with Gasteiger partial charge in [-0.3, -0.25) is 9.69 Å². The van der Waals surface area contributed by atoms with Gasteiger partial charge in [0, 0.05) is 60.8 Å². The van der Waals surface area contributed by atoms with Crippen LogP contribution < -0.4 is 10.1 Å². The fourth-order valence-electron chi connectivity index (χ4n) is 5.10. The normalized spacial score (nSPS) is 14.3. The van der Waals surface area contributed by atoms with Crippen LogP contribution in [-0.2, 0) is 6.54 Å². The van der Waals surface area contributed by atoms with Crippen LogP contribution >= 0.6 is 11.6 Å². The largest absolute Gasteiger partial charge is 0.437 e. The first-order valence-corrected chi connectivity index (χ1v) is 14.4. The fourth-order valence-corrected chi connectivity index (χ4v) is 5.29. The highest BCUT2D eigenvalue weighted by molar-refractivity contribution is 6.30. The van der Waals surface area contributed by atoms with Crippen LogP contribution in [0.4, 0.5) is 5.69 Å². The van der Waals surface area contributed by atoms with Crippen molar-refractivity contribution in [2.75, 3.05) is 38.5 Å². The number of likely N-dealkylation sites (N-methyl/N-ethyl adjacent to an activating group) is 1. The molecule has 9 heteroatoms. The lowest BCUT2D eigenvalue weighted by atomic mass is 10.1. The number of ether oxygens (including phenoxy) is 1. The lowest BCUT2D eigenvalue weighted by Crippen LogP contribution is -2.43. The summed E-state index contributed by atoms with van der Waals surface area (Å²) >= 11 is 6.21. The third-order valence-electron chi connectivity index (χ3n) is 7.70. The van der Waals surface area contributed by atoms with Crippen LogP contribution in [0, 0.1) is 13.8 Å². The zero-order chi connectivity index (χ0) is 29.2. The molecule has 0 radical (unpaired) electrons. The van der Waals surface area contributed by atoms with E-state index in [0.29, 0.717) is 39.1 Å². The summed E-state index contributed by atoms with van der Waals surface area (Å²) in [5.41, 5.74) is 6.73. The molecule has 1 fully saturated rings. The van der Waals surface area contributed by atoms with Gasteiger partial charge >= 0.3 is 0 Å². The number of hydrogen-bond donors (Lipinski definition) is 2. The first-order chi connectivity index (χ1) is 20.3. The van der Waals surface area contributed by atoms with Gasteiger partial charge in [-0.15, -0.1) is 0 Å². The second-order valence-electron chi connectivity index (χ2n) is 10.9. The number of hydrogen-bond acceptors (Lipinski definition) is 6. The molecule has 2 N–H and O–H groups in total. The second kappa shape index (κ2) is 11.9. The zero-order valence-corrected chi connectivity index (χ0v) is 24.7. The van der Waals surface area contributed by atoms with E-state index in [1.54, 1.807) is 18.3 Å². The summed E-state index contributed by atoms with van der Waals surface area (Å²) in [6.45, 7) is 9.26. The standard InChI is InChI=1S/C33H33ClN6O2/c1-21-7-8-24(32(41)36-27-10-9-25(22(2)17-27)20-40-15-13-39(3)14-16-40)19-29(21)42-33-30-28(11-12-35-30)37-31(38-33)23-5-4-6-26(34)18-23/h4-12,17-19,35H,13-16,20H2,1-3H3,(H,36,41). The number of carbonyl (C=O) groups excluding carboxylic acids is 1. The number of anilines is 1. The Hall–Kier alpha value is -4.24. The van der Waals surface area contributed by atoms with Gasteiger partial charge in [0.05, 0.1) is 5.52 Å². The van der Waals surface area contributed by atoms with Gasteiger partial charge in [0.25, 0.3) is 5.91 Å². The van der Waals surface area contributed by atoms with Gasteiger partial charge in [0.15, 0.2) is 5.82 Å². The van der Waals surface area contributed by atoms with E-state index in [0.717, 1.165) is 55.1 Å². The Morgan fingerprint density at radius 1 is 0.976 bits per heavy atom. The van der Waals surface area contributed by atoms with Gasteiger partial charge in [0.2, 0.25) is 5.88 Å². The Bertz CT molecular complexity index is 1760. The van der Waals surface area contributed by atoms with Gasteiger partial charge < -0.3 is 19.9 Å². The van der Waals surface area contributed by atoms with E-state index in [1.807, 2.05) is 55.5 Å². The number of nitrogens with zero attached hydrogens (tertiary/aromatic N) is 4. The highest BCUT2D eigenvalue weighted by Gasteiger charge is 2.17. The van der Waals surface area contributed by atoms with Gasteiger partial charge in [0.1, 0.15) is 11.3 Å². The highest BCUT2D eigenvalue weighted by atomic mass is 35.5. The molecule has 0 atom stereocenters. The topological polar surface area (TPSA) is 86.4 Å². The van der Waals surface area contributed by atoms with Crippen LogP contribution in [-0.4, -0.2) is 63.9 Å². The smallest absolute Gasteiger partial charge is 0.255 e. The average Bonchev–Trinajstić information content (AvgIpc) is 3.46. The van der Waals surface area contributed by atoms with Crippen molar-refractivity contribution in [3.8, 4) is 23.0 Å². The lowest BCUT2D eigenvalue weighted by Gasteiger charge is -2.32. The molecule has 0 bridgehead atoms. The monoisotopic (exact) mass is 580 g/mol. The van der Waals surface area contributed by atoms with E-state index >= 15 is 0 Å². The fraction of sp³-hybridized carbons (Fsp3) is 0.242. The summed E-state index contributed by atoms with van der Waals surface area (Å²) < 4.78 is 6.32. The molecule has 1 amide bonds. The highest BCUT2D eigenvalue weighted by Crippen LogP contribution is 2.32. The molecule has 6 rings (SSSR count). The Kier molecular flexibility index (Phi) is 7.93. The Morgan fingerprint density at radius 2 is 1.81 bits per heavy atom. The van der Waals surface area contributed by atoms with Crippen molar-refractivity contribution < 1.29 is 9.53 Å². The number of aromatic nitrogens is 3. The second-order valence-corrected chi connectivity index (χ2v) is 11.3. The summed E-state index contributed by atoms with van der Waals surface area (Å²) in [6.07, 6.45) is 1.79. The molecule has 214 valence electrons. The molecule has 1 saturated heterocycles. The molecule has 0 unspecified atom stereocenters. The minimum Gasteiger partial charge on any atom is -0.437 e. The molecule has 8 nitrogen and oxygen atoms in total. The van der Waals surface area contributed by atoms with Crippen LogP contribution in [0.15, 0.2) is 72.9 Å². The average molecular weight is 581 g/mol. The Labute approximate surface area is 250 Å². The maximum Gasteiger partial charge on any atom is 0.255 e. The number of benzene rings is 3. The number of fused-ring (bicyclic) bond motifs is 1. The van der Waals surface area contributed by atoms with Gasteiger partial charge in [-0.2, -0.15) is 4.98 Å². The van der Waals surface area contributed by atoms with Crippen molar-refractivity contribution in [1.29, 1.82) is 0 Å². The van der Waals surface area contributed by atoms with Gasteiger partial charge in [-0.05, 0) is 80.1 Å². The molecule has 42 heavy (non-hydrogen) atoms. The maximum atomic E-state index is 13.3. The molecule has 0 aliphatic carbocycles. The molecule has 0 spiro atoms. The molecule has 0 saturated carbocycles. The molecule has 5 aromatic rings. The van der Waals surface area contributed by atoms with E-state index in [-0.39, 0.29) is 5.91 Å². The van der Waals surface area contributed by atoms with E-state index in [1.165, 1.54) is 5.56 Å². The number of carbonyl (C=O) groups is 1. The maximum absolute atomic E-state index is 13.3. The van der Waals surface area contributed by atoms with E-state index in [9.17, 15) is 4.79 Å².